The number of ether oxygens (including phenoxy) is 1. The van der Waals surface area contributed by atoms with Crippen LogP contribution in [0.3, 0.4) is 0 Å². The molecule has 238 valence electrons. The Labute approximate surface area is 289 Å². The van der Waals surface area contributed by atoms with Crippen molar-refractivity contribution in [3.63, 3.8) is 0 Å². The maximum Gasteiger partial charge on any atom is 0.146 e. The van der Waals surface area contributed by atoms with E-state index < -0.39 is 0 Å². The molecule has 0 N–H and O–H groups in total. The van der Waals surface area contributed by atoms with E-state index in [1.54, 1.807) is 11.8 Å². The molecule has 2 aromatic heterocycles. The van der Waals surface area contributed by atoms with Crippen molar-refractivity contribution in [2.75, 3.05) is 6.26 Å². The van der Waals surface area contributed by atoms with E-state index >= 15 is 0 Å². The van der Waals surface area contributed by atoms with Crippen molar-refractivity contribution in [1.82, 2.24) is 4.57 Å². The maximum atomic E-state index is 6.39. The van der Waals surface area contributed by atoms with Gasteiger partial charge in [-0.1, -0.05) is 80.8 Å². The van der Waals surface area contributed by atoms with Gasteiger partial charge in [0.1, 0.15) is 22.5 Å². The number of thioether (sulfide) groups is 1. The molecule has 0 fully saturated rings. The van der Waals surface area contributed by atoms with Crippen LogP contribution in [-0.4, -0.2) is 10.8 Å². The zero-order chi connectivity index (χ0) is 33.2. The van der Waals surface area contributed by atoms with E-state index in [0.29, 0.717) is 5.76 Å². The summed E-state index contributed by atoms with van der Waals surface area (Å²) in [5.74, 6) is 1.60. The minimum atomic E-state index is 0.715. The van der Waals surface area contributed by atoms with Gasteiger partial charge in [-0.15, -0.1) is 11.8 Å². The van der Waals surface area contributed by atoms with Crippen LogP contribution in [0.4, 0.5) is 0 Å². The number of rotatable bonds is 7. The third-order valence-corrected chi connectivity index (χ3v) is 10.7. The Morgan fingerprint density at radius 3 is 2.53 bits per heavy atom. The van der Waals surface area contributed by atoms with Gasteiger partial charge >= 0.3 is 0 Å². The van der Waals surface area contributed by atoms with Crippen molar-refractivity contribution in [2.45, 2.75) is 31.1 Å². The van der Waals surface area contributed by atoms with Gasteiger partial charge < -0.3 is 13.7 Å². The number of nitrogens with zero attached hydrogens (tertiary/aromatic N) is 1. The lowest BCUT2D eigenvalue weighted by molar-refractivity contribution is 0.469. The quantitative estimate of drug-likeness (QED) is 0.127. The van der Waals surface area contributed by atoms with Crippen molar-refractivity contribution >= 4 is 68.0 Å². The van der Waals surface area contributed by atoms with Crippen molar-refractivity contribution in [2.24, 2.45) is 0 Å². The van der Waals surface area contributed by atoms with E-state index in [0.717, 1.165) is 86.1 Å². The number of hydrogen-bond acceptors (Lipinski definition) is 3. The van der Waals surface area contributed by atoms with Crippen molar-refractivity contribution in [3.05, 3.63) is 138 Å². The lowest BCUT2D eigenvalue weighted by atomic mass is 9.94. The smallest absolute Gasteiger partial charge is 0.146 e. The van der Waals surface area contributed by atoms with E-state index in [2.05, 4.69) is 146 Å². The molecule has 0 atom stereocenters. The fourth-order valence-corrected chi connectivity index (χ4v) is 8.37. The summed E-state index contributed by atoms with van der Waals surface area (Å²) in [5.41, 5.74) is 12.9. The van der Waals surface area contributed by atoms with Crippen LogP contribution in [0.15, 0.2) is 126 Å². The lowest BCUT2D eigenvalue weighted by Crippen LogP contribution is -2.21. The molecule has 1 aliphatic carbocycles. The first-order valence-electron chi connectivity index (χ1n) is 16.9. The van der Waals surface area contributed by atoms with Crippen LogP contribution in [0.5, 0.6) is 5.75 Å². The second-order valence-electron chi connectivity index (χ2n) is 12.8. The van der Waals surface area contributed by atoms with E-state index in [4.69, 9.17) is 9.15 Å². The van der Waals surface area contributed by atoms with Gasteiger partial charge in [0.2, 0.25) is 0 Å². The third-order valence-electron chi connectivity index (χ3n) is 9.86. The average Bonchev–Trinajstić information content (AvgIpc) is 3.68. The summed E-state index contributed by atoms with van der Waals surface area (Å²) in [5, 5.41) is 4.85. The maximum absolute atomic E-state index is 6.39. The monoisotopic (exact) mass is 653 g/mol. The average molecular weight is 654 g/mol. The standard InChI is InChI=1S/C45H35NO2S/c1-5-6-12-27(2)33-21-22-40-43(45(33)49-4)38-14-7-9-17-39(38)46(40)32-24-30(23-31(25-32)35-16-11-15-34-28(3)47-44(34)35)29-19-20-37-36-13-8-10-18-41(36)48-42(37)26-29/h6-7,9,11-26H,2-3,5,8,10H2,1,4H3/b12-6-. The molecule has 3 heterocycles. The van der Waals surface area contributed by atoms with E-state index in [1.807, 2.05) is 0 Å². The van der Waals surface area contributed by atoms with Gasteiger partial charge in [0.15, 0.2) is 0 Å². The molecule has 0 radical (unpaired) electrons. The summed E-state index contributed by atoms with van der Waals surface area (Å²) in [4.78, 5) is 1.24. The second-order valence-corrected chi connectivity index (χ2v) is 13.6. The zero-order valence-corrected chi connectivity index (χ0v) is 28.5. The second kappa shape index (κ2) is 11.6. The Kier molecular flexibility index (Phi) is 7.03. The number of benzene rings is 5. The molecule has 5 aromatic carbocycles. The van der Waals surface area contributed by atoms with Gasteiger partial charge in [-0.2, -0.15) is 0 Å². The zero-order valence-electron chi connectivity index (χ0n) is 27.7. The fourth-order valence-electron chi connectivity index (χ4n) is 7.53. The molecule has 0 spiro atoms. The summed E-state index contributed by atoms with van der Waals surface area (Å²) < 4.78 is 14.8. The summed E-state index contributed by atoms with van der Waals surface area (Å²) in [6, 6.07) is 33.0. The van der Waals surface area contributed by atoms with Gasteiger partial charge in [-0.25, -0.2) is 0 Å². The first-order valence-corrected chi connectivity index (χ1v) is 18.1. The Morgan fingerprint density at radius 1 is 0.837 bits per heavy atom. The molecule has 0 saturated heterocycles. The SMILES string of the molecule is C=C1Oc2c1cccc2-c1cc(-c2ccc3c4c(oc3c2)=CCCC=4)cc(-n2c3ccccc3c3c(SC)c(C(=C)/C=C\CC)ccc32)c1. The lowest BCUT2D eigenvalue weighted by Gasteiger charge is -2.25. The first kappa shape index (κ1) is 29.7. The van der Waals surface area contributed by atoms with Crippen molar-refractivity contribution in [1.29, 1.82) is 0 Å². The molecule has 4 heteroatoms. The van der Waals surface area contributed by atoms with Crippen LogP contribution in [0.2, 0.25) is 0 Å². The van der Waals surface area contributed by atoms with E-state index in [-0.39, 0.29) is 0 Å². The van der Waals surface area contributed by atoms with E-state index in [9.17, 15) is 0 Å². The summed E-state index contributed by atoms with van der Waals surface area (Å²) in [7, 11) is 0. The molecular weight excluding hydrogens is 619 g/mol. The van der Waals surface area contributed by atoms with Gasteiger partial charge in [0, 0.05) is 37.5 Å². The van der Waals surface area contributed by atoms with Crippen LogP contribution < -0.4 is 15.4 Å². The summed E-state index contributed by atoms with van der Waals surface area (Å²) in [6.07, 6.45) is 14.0. The number of aromatic nitrogens is 1. The van der Waals surface area contributed by atoms with Gasteiger partial charge in [0.25, 0.3) is 0 Å². The molecule has 0 amide bonds. The fraction of sp³-hybridized carbons (Fsp3) is 0.111. The number of para-hydroxylation sites is 2. The summed E-state index contributed by atoms with van der Waals surface area (Å²) in [6.45, 7) is 10.7. The molecule has 0 saturated carbocycles. The van der Waals surface area contributed by atoms with E-state index in [1.165, 1.54) is 31.8 Å². The normalized spacial score (nSPS) is 13.6. The first-order chi connectivity index (χ1) is 24.0. The highest BCUT2D eigenvalue weighted by Gasteiger charge is 2.25. The number of furan rings is 1. The number of fused-ring (bicyclic) bond motifs is 7. The molecule has 2 aliphatic rings. The Morgan fingerprint density at radius 2 is 1.67 bits per heavy atom. The summed E-state index contributed by atoms with van der Waals surface area (Å²) >= 11 is 1.79. The minimum absolute atomic E-state index is 0.715. The number of allylic oxidation sites excluding steroid dienone is 3. The van der Waals surface area contributed by atoms with Gasteiger partial charge in [-0.05, 0) is 108 Å². The van der Waals surface area contributed by atoms with Crippen LogP contribution in [0.25, 0.3) is 84.2 Å². The highest BCUT2D eigenvalue weighted by molar-refractivity contribution is 7.99. The molecule has 49 heavy (non-hydrogen) atoms. The third kappa shape index (κ3) is 4.66. The Balaban J connectivity index is 1.32. The molecule has 9 rings (SSSR count). The number of hydrogen-bond donors (Lipinski definition) is 0. The minimum Gasteiger partial charge on any atom is -0.456 e. The molecule has 0 unspecified atom stereocenters. The topological polar surface area (TPSA) is 27.3 Å². The van der Waals surface area contributed by atoms with Crippen LogP contribution >= 0.6 is 11.8 Å². The predicted molar refractivity (Wildman–Crippen MR) is 209 cm³/mol. The largest absolute Gasteiger partial charge is 0.456 e. The van der Waals surface area contributed by atoms with Crippen molar-refractivity contribution < 1.29 is 9.15 Å². The molecule has 0 bridgehead atoms. The Bertz CT molecular complexity index is 2700. The molecule has 1 aliphatic heterocycles. The van der Waals surface area contributed by atoms with Crippen LogP contribution in [0, 0.1) is 0 Å². The Hall–Kier alpha value is -5.45. The highest BCUT2D eigenvalue weighted by Crippen LogP contribution is 2.47. The van der Waals surface area contributed by atoms with Crippen LogP contribution in [-0.2, 0) is 0 Å². The van der Waals surface area contributed by atoms with Gasteiger partial charge in [-0.3, -0.25) is 0 Å². The van der Waals surface area contributed by atoms with Crippen LogP contribution in [0.1, 0.15) is 37.3 Å². The van der Waals surface area contributed by atoms with Gasteiger partial charge in [0.05, 0.1) is 16.6 Å². The highest BCUT2D eigenvalue weighted by atomic mass is 32.2. The predicted octanol–water partition coefficient (Wildman–Crippen LogP) is 11.3. The molecule has 3 nitrogen and oxygen atoms in total. The molecular formula is C45H35NO2S. The van der Waals surface area contributed by atoms with Crippen molar-refractivity contribution in [3.8, 4) is 33.7 Å². The molecule has 7 aromatic rings.